The van der Waals surface area contributed by atoms with Gasteiger partial charge in [-0.25, -0.2) is 16.8 Å². The summed E-state index contributed by atoms with van der Waals surface area (Å²) in [6, 6.07) is 12.2. The van der Waals surface area contributed by atoms with E-state index in [9.17, 15) is 16.8 Å². The van der Waals surface area contributed by atoms with Crippen molar-refractivity contribution in [2.24, 2.45) is 0 Å². The average Bonchev–Trinajstić information content (AvgIpc) is 2.54. The maximum absolute atomic E-state index is 12.3. The maximum Gasteiger partial charge on any atom is 0.112 e. The van der Waals surface area contributed by atoms with Crippen molar-refractivity contribution in [2.45, 2.75) is 49.3 Å². The Hall–Kier alpha value is -1.70. The van der Waals surface area contributed by atoms with E-state index in [1.54, 1.807) is 24.3 Å². The number of benzene rings is 2. The summed E-state index contributed by atoms with van der Waals surface area (Å²) < 4.78 is 52.5. The molecule has 0 aromatic heterocycles. The van der Waals surface area contributed by atoms with Gasteiger partial charge in [-0.05, 0) is 47.2 Å². The molecule has 2 rings (SSSR count). The highest BCUT2D eigenvalue weighted by atomic mass is 32.3. The van der Waals surface area contributed by atoms with Crippen molar-refractivity contribution in [3.8, 4) is 0 Å². The normalized spacial score (nSPS) is 12.7. The van der Waals surface area contributed by atoms with Gasteiger partial charge in [-0.2, -0.15) is 0 Å². The Morgan fingerprint density at radius 2 is 0.880 bits per heavy atom. The Morgan fingerprint density at radius 3 is 1.12 bits per heavy atom. The fourth-order valence-electron chi connectivity index (χ4n) is 2.26. The molecule has 0 aliphatic heterocycles. The molecule has 0 aliphatic rings. The molecule has 2 aromatic rings. The van der Waals surface area contributed by atoms with E-state index < -0.39 is 20.0 Å². The minimum absolute atomic E-state index is 0.140. The molecule has 2 aromatic carbocycles. The van der Waals surface area contributed by atoms with E-state index in [4.69, 9.17) is 0 Å². The third-order valence-corrected chi connectivity index (χ3v) is 7.19. The second-order valence-corrected chi connectivity index (χ2v) is 9.91. The number of sulfonamides is 2. The van der Waals surface area contributed by atoms with Crippen LogP contribution in [-0.4, -0.2) is 16.8 Å². The van der Waals surface area contributed by atoms with Gasteiger partial charge in [0.15, 0.2) is 0 Å². The van der Waals surface area contributed by atoms with Crippen LogP contribution in [0.2, 0.25) is 0 Å². The summed E-state index contributed by atoms with van der Waals surface area (Å²) in [5.74, 6) is 0.494. The van der Waals surface area contributed by atoms with Crippen LogP contribution in [0, 0.1) is 0 Å². The second kappa shape index (κ2) is 7.27. The quantitative estimate of drug-likeness (QED) is 0.744. The Bertz CT molecular complexity index is 848. The Kier molecular flexibility index (Phi) is 5.71. The summed E-state index contributed by atoms with van der Waals surface area (Å²) in [5.41, 5.74) is 1.93. The Labute approximate surface area is 150 Å². The molecule has 0 heterocycles. The molecule has 7 heteroatoms. The minimum Gasteiger partial charge on any atom is -0.428 e. The lowest BCUT2D eigenvalue weighted by atomic mass is 10.0. The summed E-state index contributed by atoms with van der Waals surface area (Å²) in [4.78, 5) is -0.279. The van der Waals surface area contributed by atoms with Crippen LogP contribution in [0.1, 0.15) is 50.7 Å². The summed E-state index contributed by atoms with van der Waals surface area (Å²) in [6.07, 6.45) is 0. The van der Waals surface area contributed by atoms with Crippen molar-refractivity contribution in [2.75, 3.05) is 0 Å². The van der Waals surface area contributed by atoms with Crippen LogP contribution in [-0.2, 0) is 20.0 Å². The van der Waals surface area contributed by atoms with Crippen LogP contribution < -0.4 is 0 Å². The number of nitrogens with zero attached hydrogens (tertiary/aromatic N) is 1. The first-order chi connectivity index (χ1) is 11.5. The molecule has 136 valence electrons. The van der Waals surface area contributed by atoms with Gasteiger partial charge in [0, 0.05) is 9.79 Å². The average molecular weight is 381 g/mol. The predicted molar refractivity (Wildman–Crippen MR) is 98.8 cm³/mol. The first-order valence-electron chi connectivity index (χ1n) is 7.97. The smallest absolute Gasteiger partial charge is 0.112 e. The van der Waals surface area contributed by atoms with Crippen molar-refractivity contribution in [3.63, 3.8) is 0 Å². The molecule has 0 amide bonds. The molecule has 0 saturated heterocycles. The van der Waals surface area contributed by atoms with Crippen LogP contribution in [0.15, 0.2) is 58.3 Å². The molecule has 0 N–H and O–H groups in total. The number of hydrogen-bond donors (Lipinski definition) is 0. The highest BCUT2D eigenvalue weighted by Crippen LogP contribution is 2.27. The van der Waals surface area contributed by atoms with Gasteiger partial charge in [0.1, 0.15) is 20.0 Å². The third-order valence-electron chi connectivity index (χ3n) is 3.89. The van der Waals surface area contributed by atoms with Crippen LogP contribution in [0.4, 0.5) is 0 Å². The van der Waals surface area contributed by atoms with Gasteiger partial charge in [-0.15, -0.1) is 0 Å². The van der Waals surface area contributed by atoms with E-state index >= 15 is 0 Å². The van der Waals surface area contributed by atoms with Crippen molar-refractivity contribution < 1.29 is 16.8 Å². The molecule has 0 saturated carbocycles. The second-order valence-electron chi connectivity index (χ2n) is 6.47. The zero-order valence-electron chi connectivity index (χ0n) is 14.7. The van der Waals surface area contributed by atoms with Crippen molar-refractivity contribution >= 4 is 20.0 Å². The maximum atomic E-state index is 12.3. The minimum atomic E-state index is -4.30. The molecular formula is C18H22NO4S2-. The lowest BCUT2D eigenvalue weighted by Gasteiger charge is -2.21. The molecular weight excluding hydrogens is 358 g/mol. The lowest BCUT2D eigenvalue weighted by molar-refractivity contribution is 0.595. The van der Waals surface area contributed by atoms with Crippen LogP contribution in [0.5, 0.6) is 0 Å². The summed E-state index contributed by atoms with van der Waals surface area (Å²) in [7, 11) is -8.60. The van der Waals surface area contributed by atoms with Crippen molar-refractivity contribution in [1.82, 2.24) is 0 Å². The topological polar surface area (TPSA) is 82.4 Å². The highest BCUT2D eigenvalue weighted by Gasteiger charge is 2.14. The van der Waals surface area contributed by atoms with Crippen molar-refractivity contribution in [1.29, 1.82) is 0 Å². The van der Waals surface area contributed by atoms with Gasteiger partial charge < -0.3 is 4.13 Å². The van der Waals surface area contributed by atoms with Crippen LogP contribution in [0.3, 0.4) is 0 Å². The first kappa shape index (κ1) is 19.6. The molecule has 5 nitrogen and oxygen atoms in total. The van der Waals surface area contributed by atoms with E-state index in [1.807, 2.05) is 27.7 Å². The standard InChI is InChI=1S/C18H22NO4S2/c1-13(2)15-5-9-17(10-6-15)24(20,21)19-25(22,23)18-11-7-16(8-12-18)14(3)4/h5-14H,1-4H3/q-1. The summed E-state index contributed by atoms with van der Waals surface area (Å²) in [6.45, 7) is 7.94. The van der Waals surface area contributed by atoms with E-state index in [-0.39, 0.29) is 21.6 Å². The van der Waals surface area contributed by atoms with E-state index in [0.29, 0.717) is 0 Å². The highest BCUT2D eigenvalue weighted by molar-refractivity contribution is 8.12. The number of hydrogen-bond acceptors (Lipinski definition) is 4. The molecule has 25 heavy (non-hydrogen) atoms. The summed E-state index contributed by atoms with van der Waals surface area (Å²) >= 11 is 0. The fourth-order valence-corrected chi connectivity index (χ4v) is 4.95. The zero-order chi connectivity index (χ0) is 18.8. The molecule has 0 radical (unpaired) electrons. The van der Waals surface area contributed by atoms with Crippen LogP contribution in [0.25, 0.3) is 4.13 Å². The first-order valence-corrected chi connectivity index (χ1v) is 10.8. The van der Waals surface area contributed by atoms with E-state index in [2.05, 4.69) is 4.13 Å². The molecule has 0 aliphatic carbocycles. The van der Waals surface area contributed by atoms with E-state index in [1.165, 1.54) is 24.3 Å². The van der Waals surface area contributed by atoms with Gasteiger partial charge >= 0.3 is 0 Å². The SMILES string of the molecule is CC(C)c1ccc(S(=O)(=O)[N-]S(=O)(=O)c2ccc(C(C)C)cc2)cc1. The summed E-state index contributed by atoms with van der Waals surface area (Å²) in [5, 5.41) is 0. The lowest BCUT2D eigenvalue weighted by Crippen LogP contribution is -2.08. The predicted octanol–water partition coefficient (Wildman–Crippen LogP) is 4.38. The molecule has 0 fully saturated rings. The largest absolute Gasteiger partial charge is 0.428 e. The Balaban J connectivity index is 2.29. The van der Waals surface area contributed by atoms with Gasteiger partial charge in [-0.1, -0.05) is 52.0 Å². The fraction of sp³-hybridized carbons (Fsp3) is 0.333. The van der Waals surface area contributed by atoms with Gasteiger partial charge in [0.05, 0.1) is 0 Å². The van der Waals surface area contributed by atoms with E-state index in [0.717, 1.165) is 11.1 Å². The molecule has 0 unspecified atom stereocenters. The number of rotatable bonds is 6. The molecule has 0 spiro atoms. The third kappa shape index (κ3) is 4.68. The van der Waals surface area contributed by atoms with Gasteiger partial charge in [0.25, 0.3) is 0 Å². The van der Waals surface area contributed by atoms with Gasteiger partial charge in [-0.3, -0.25) is 0 Å². The molecule has 0 atom stereocenters. The van der Waals surface area contributed by atoms with Gasteiger partial charge in [0.2, 0.25) is 0 Å². The molecule has 0 bridgehead atoms. The Morgan fingerprint density at radius 1 is 0.600 bits per heavy atom. The van der Waals surface area contributed by atoms with Crippen molar-refractivity contribution in [3.05, 3.63) is 63.8 Å². The monoisotopic (exact) mass is 380 g/mol. The van der Waals surface area contributed by atoms with Crippen LogP contribution >= 0.6 is 0 Å². The zero-order valence-corrected chi connectivity index (χ0v) is 16.3.